The molecule has 0 amide bonds. The summed E-state index contributed by atoms with van der Waals surface area (Å²) in [5.74, 6) is -0.250. The summed E-state index contributed by atoms with van der Waals surface area (Å²) >= 11 is 0. The predicted octanol–water partition coefficient (Wildman–Crippen LogP) is 1.01. The smallest absolute Gasteiger partial charge is 0.241 e. The second-order valence-corrected chi connectivity index (χ2v) is 5.65. The van der Waals surface area contributed by atoms with Gasteiger partial charge in [-0.05, 0) is 31.5 Å². The first kappa shape index (κ1) is 14.4. The molecular weight excluding hydrogens is 252 g/mol. The van der Waals surface area contributed by atoms with Crippen molar-refractivity contribution in [2.24, 2.45) is 0 Å². The third-order valence-electron chi connectivity index (χ3n) is 2.46. The highest BCUT2D eigenvalue weighted by atomic mass is 32.2. The van der Waals surface area contributed by atoms with Crippen molar-refractivity contribution >= 4 is 15.8 Å². The number of sulfonamides is 1. The molecule has 1 aromatic carbocycles. The number of carbonyl (C=O) groups excluding carboxylic acids is 1. The largest absolute Gasteiger partial charge is 0.298 e. The van der Waals surface area contributed by atoms with Crippen molar-refractivity contribution < 1.29 is 13.2 Å². The number of hydrogen-bond donors (Lipinski definition) is 1. The van der Waals surface area contributed by atoms with E-state index in [-0.39, 0.29) is 17.1 Å². The van der Waals surface area contributed by atoms with Crippen LogP contribution in [0.25, 0.3) is 0 Å². The third-order valence-corrected chi connectivity index (χ3v) is 4.02. The maximum Gasteiger partial charge on any atom is 0.241 e. The van der Waals surface area contributed by atoms with E-state index in [1.807, 2.05) is 6.07 Å². The Morgan fingerprint density at radius 2 is 1.94 bits per heavy atom. The first-order chi connectivity index (χ1) is 8.36. The molecule has 0 aliphatic rings. The molecule has 1 unspecified atom stereocenters. The molecule has 0 spiro atoms. The van der Waals surface area contributed by atoms with Gasteiger partial charge >= 0.3 is 0 Å². The molecule has 18 heavy (non-hydrogen) atoms. The van der Waals surface area contributed by atoms with E-state index in [1.54, 1.807) is 12.1 Å². The summed E-state index contributed by atoms with van der Waals surface area (Å²) in [5.41, 5.74) is 0.746. The lowest BCUT2D eigenvalue weighted by molar-refractivity contribution is -0.118. The number of carbonyl (C=O) groups is 1. The average Bonchev–Trinajstić information content (AvgIpc) is 2.29. The van der Waals surface area contributed by atoms with E-state index in [4.69, 9.17) is 5.26 Å². The van der Waals surface area contributed by atoms with Crippen LogP contribution in [-0.4, -0.2) is 20.2 Å². The van der Waals surface area contributed by atoms with Gasteiger partial charge in [-0.3, -0.25) is 4.79 Å². The molecule has 6 heteroatoms. The highest BCUT2D eigenvalue weighted by Crippen LogP contribution is 2.11. The Labute approximate surface area is 106 Å². The van der Waals surface area contributed by atoms with E-state index < -0.39 is 16.1 Å². The molecule has 0 saturated carbocycles. The molecule has 0 aliphatic heterocycles. The lowest BCUT2D eigenvalue weighted by Crippen LogP contribution is -2.37. The first-order valence-electron chi connectivity index (χ1n) is 5.35. The van der Waals surface area contributed by atoms with Crippen molar-refractivity contribution in [2.45, 2.75) is 31.2 Å². The van der Waals surface area contributed by atoms with Gasteiger partial charge in [0.2, 0.25) is 10.0 Å². The molecule has 0 radical (unpaired) electrons. The zero-order chi connectivity index (χ0) is 13.8. The highest BCUT2D eigenvalue weighted by molar-refractivity contribution is 7.89. The van der Waals surface area contributed by atoms with Crippen LogP contribution in [0.15, 0.2) is 29.2 Å². The van der Waals surface area contributed by atoms with E-state index in [2.05, 4.69) is 4.72 Å². The molecule has 1 atom stereocenters. The zero-order valence-corrected chi connectivity index (χ0v) is 11.0. The number of rotatable bonds is 5. The Hall–Kier alpha value is -1.71. The van der Waals surface area contributed by atoms with Crippen LogP contribution < -0.4 is 4.72 Å². The molecule has 0 aliphatic carbocycles. The van der Waals surface area contributed by atoms with Crippen molar-refractivity contribution in [1.82, 2.24) is 4.72 Å². The van der Waals surface area contributed by atoms with Crippen LogP contribution in [-0.2, 0) is 21.2 Å². The predicted molar refractivity (Wildman–Crippen MR) is 66.2 cm³/mol. The second kappa shape index (κ2) is 5.76. The molecule has 0 heterocycles. The normalized spacial score (nSPS) is 12.7. The average molecular weight is 266 g/mol. The minimum Gasteiger partial charge on any atom is -0.298 e. The number of Topliss-reactive ketones (excluding diaryl/α,β-unsaturated/α-hetero) is 1. The number of nitrogens with one attached hydrogen (secondary N) is 1. The van der Waals surface area contributed by atoms with Crippen LogP contribution in [0.1, 0.15) is 19.4 Å². The fourth-order valence-corrected chi connectivity index (χ4v) is 2.52. The van der Waals surface area contributed by atoms with Gasteiger partial charge in [-0.2, -0.15) is 5.26 Å². The molecule has 0 fully saturated rings. The minimum absolute atomic E-state index is 0.0808. The maximum absolute atomic E-state index is 11.9. The Morgan fingerprint density at radius 1 is 1.39 bits per heavy atom. The monoisotopic (exact) mass is 266 g/mol. The summed E-state index contributed by atoms with van der Waals surface area (Å²) in [6.45, 7) is 2.81. The van der Waals surface area contributed by atoms with Crippen LogP contribution in [0.2, 0.25) is 0 Å². The number of nitrogens with zero attached hydrogens (tertiary/aromatic N) is 1. The van der Waals surface area contributed by atoms with Gasteiger partial charge < -0.3 is 0 Å². The minimum atomic E-state index is -3.69. The highest BCUT2D eigenvalue weighted by Gasteiger charge is 2.19. The number of hydrogen-bond acceptors (Lipinski definition) is 4. The molecule has 1 N–H and O–H groups in total. The summed E-state index contributed by atoms with van der Waals surface area (Å²) in [4.78, 5) is 11.1. The Kier molecular flexibility index (Phi) is 4.59. The summed E-state index contributed by atoms with van der Waals surface area (Å²) < 4.78 is 26.1. The fraction of sp³-hybridized carbons (Fsp3) is 0.333. The molecule has 1 rings (SSSR count). The van der Waals surface area contributed by atoms with E-state index in [0.717, 1.165) is 5.56 Å². The standard InChI is InChI=1S/C12H14N2O3S/c1-9(10(2)15)14-18(16,17)12-5-3-11(4-6-12)7-8-13/h3-6,9,14H,7H2,1-2H3. The van der Waals surface area contributed by atoms with Gasteiger partial charge in [-0.15, -0.1) is 0 Å². The number of nitriles is 1. The van der Waals surface area contributed by atoms with E-state index in [0.29, 0.717) is 0 Å². The van der Waals surface area contributed by atoms with E-state index in [9.17, 15) is 13.2 Å². The van der Waals surface area contributed by atoms with E-state index in [1.165, 1.54) is 26.0 Å². The zero-order valence-electron chi connectivity index (χ0n) is 10.2. The molecular formula is C12H14N2O3S. The van der Waals surface area contributed by atoms with Gasteiger partial charge in [-0.1, -0.05) is 12.1 Å². The van der Waals surface area contributed by atoms with Gasteiger partial charge in [0.1, 0.15) is 5.78 Å². The van der Waals surface area contributed by atoms with Crippen molar-refractivity contribution in [1.29, 1.82) is 5.26 Å². The van der Waals surface area contributed by atoms with Crippen LogP contribution in [0.3, 0.4) is 0 Å². The Balaban J connectivity index is 2.92. The summed E-state index contributed by atoms with van der Waals surface area (Å²) in [6.07, 6.45) is 0.234. The van der Waals surface area contributed by atoms with Crippen molar-refractivity contribution in [3.63, 3.8) is 0 Å². The lowest BCUT2D eigenvalue weighted by Gasteiger charge is -2.11. The molecule has 5 nitrogen and oxygen atoms in total. The van der Waals surface area contributed by atoms with Crippen LogP contribution >= 0.6 is 0 Å². The van der Waals surface area contributed by atoms with Crippen molar-refractivity contribution in [3.8, 4) is 6.07 Å². The SMILES string of the molecule is CC(=O)C(C)NS(=O)(=O)c1ccc(CC#N)cc1. The molecule has 0 saturated heterocycles. The maximum atomic E-state index is 11.9. The van der Waals surface area contributed by atoms with Crippen LogP contribution in [0.4, 0.5) is 0 Å². The summed E-state index contributed by atoms with van der Waals surface area (Å²) in [5, 5.41) is 8.51. The quantitative estimate of drug-likeness (QED) is 0.861. The van der Waals surface area contributed by atoms with Crippen molar-refractivity contribution in [3.05, 3.63) is 29.8 Å². The topological polar surface area (TPSA) is 87.0 Å². The summed E-state index contributed by atoms with van der Waals surface area (Å²) in [6, 6.07) is 7.22. The van der Waals surface area contributed by atoms with Gasteiger partial charge in [0.25, 0.3) is 0 Å². The van der Waals surface area contributed by atoms with Gasteiger partial charge in [0.15, 0.2) is 0 Å². The first-order valence-corrected chi connectivity index (χ1v) is 6.84. The molecule has 96 valence electrons. The van der Waals surface area contributed by atoms with Crippen LogP contribution in [0.5, 0.6) is 0 Å². The van der Waals surface area contributed by atoms with E-state index >= 15 is 0 Å². The number of benzene rings is 1. The second-order valence-electron chi connectivity index (χ2n) is 3.93. The third kappa shape index (κ3) is 3.65. The Bertz CT molecular complexity index is 570. The molecule has 0 aromatic heterocycles. The lowest BCUT2D eigenvalue weighted by atomic mass is 10.2. The van der Waals surface area contributed by atoms with Crippen LogP contribution in [0, 0.1) is 11.3 Å². The van der Waals surface area contributed by atoms with Crippen molar-refractivity contribution in [2.75, 3.05) is 0 Å². The van der Waals surface area contributed by atoms with Gasteiger partial charge in [0, 0.05) is 0 Å². The Morgan fingerprint density at radius 3 is 2.39 bits per heavy atom. The van der Waals surface area contributed by atoms with Gasteiger partial charge in [0.05, 0.1) is 23.4 Å². The van der Waals surface area contributed by atoms with Gasteiger partial charge in [-0.25, -0.2) is 13.1 Å². The molecule has 0 bridgehead atoms. The number of ketones is 1. The molecule has 1 aromatic rings. The fourth-order valence-electron chi connectivity index (χ4n) is 1.26. The summed E-state index contributed by atoms with van der Waals surface area (Å²) in [7, 11) is -3.69.